The van der Waals surface area contributed by atoms with Crippen molar-refractivity contribution in [3.05, 3.63) is 41.4 Å². The maximum absolute atomic E-state index is 11.8. The summed E-state index contributed by atoms with van der Waals surface area (Å²) < 4.78 is 0. The lowest BCUT2D eigenvalue weighted by Crippen LogP contribution is -2.19. The Morgan fingerprint density at radius 3 is 2.67 bits per heavy atom. The number of hydrogen-bond acceptors (Lipinski definition) is 4. The van der Waals surface area contributed by atoms with Gasteiger partial charge in [-0.25, -0.2) is 9.78 Å². The molecule has 0 aliphatic heterocycles. The van der Waals surface area contributed by atoms with E-state index in [9.17, 15) is 9.59 Å². The van der Waals surface area contributed by atoms with E-state index < -0.39 is 0 Å². The van der Waals surface area contributed by atoms with Gasteiger partial charge in [0, 0.05) is 24.5 Å². The molecule has 0 unspecified atom stereocenters. The van der Waals surface area contributed by atoms with Crippen molar-refractivity contribution in [2.45, 2.75) is 12.8 Å². The molecule has 2 aromatic rings. The molecule has 1 aromatic carbocycles. The van der Waals surface area contributed by atoms with Crippen LogP contribution in [-0.4, -0.2) is 24.0 Å². The number of carbonyl (C=O) groups excluding carboxylic acids is 2. The first-order chi connectivity index (χ1) is 10.2. The Kier molecular flexibility index (Phi) is 5.28. The van der Waals surface area contributed by atoms with Crippen molar-refractivity contribution in [1.82, 2.24) is 10.3 Å². The van der Waals surface area contributed by atoms with E-state index in [1.807, 2.05) is 23.6 Å². The fourth-order valence-corrected chi connectivity index (χ4v) is 2.37. The van der Waals surface area contributed by atoms with Crippen LogP contribution in [0.3, 0.4) is 0 Å². The van der Waals surface area contributed by atoms with Crippen molar-refractivity contribution < 1.29 is 9.59 Å². The molecule has 3 N–H and O–H groups in total. The van der Waals surface area contributed by atoms with Crippen LogP contribution in [0.2, 0.25) is 0 Å². The van der Waals surface area contributed by atoms with Crippen LogP contribution in [0, 0.1) is 0 Å². The highest BCUT2D eigenvalue weighted by Gasteiger charge is 2.08. The number of thiazole rings is 1. The summed E-state index contributed by atoms with van der Waals surface area (Å²) in [7, 11) is 1.60. The van der Waals surface area contributed by atoms with Crippen LogP contribution < -0.4 is 16.0 Å². The quantitative estimate of drug-likeness (QED) is 0.793. The summed E-state index contributed by atoms with van der Waals surface area (Å²) in [6.07, 6.45) is 0.939. The number of hydrogen-bond donors (Lipinski definition) is 3. The highest BCUT2D eigenvalue weighted by molar-refractivity contribution is 7.13. The number of benzene rings is 1. The van der Waals surface area contributed by atoms with E-state index in [1.165, 1.54) is 11.3 Å². The second kappa shape index (κ2) is 7.39. The third-order valence-electron chi connectivity index (χ3n) is 2.69. The van der Waals surface area contributed by atoms with Crippen LogP contribution in [0.5, 0.6) is 0 Å². The zero-order valence-electron chi connectivity index (χ0n) is 11.6. The molecule has 6 nitrogen and oxygen atoms in total. The molecule has 0 fully saturated rings. The summed E-state index contributed by atoms with van der Waals surface area (Å²) in [4.78, 5) is 27.2. The maximum Gasteiger partial charge on any atom is 0.325 e. The molecular weight excluding hydrogens is 288 g/mol. The van der Waals surface area contributed by atoms with E-state index in [1.54, 1.807) is 19.2 Å². The van der Waals surface area contributed by atoms with Crippen molar-refractivity contribution >= 4 is 34.1 Å². The van der Waals surface area contributed by atoms with E-state index in [-0.39, 0.29) is 11.9 Å². The van der Waals surface area contributed by atoms with Gasteiger partial charge in [-0.2, -0.15) is 0 Å². The molecule has 0 atom stereocenters. The lowest BCUT2D eigenvalue weighted by atomic mass is 10.2. The van der Waals surface area contributed by atoms with E-state index >= 15 is 0 Å². The van der Waals surface area contributed by atoms with Crippen molar-refractivity contribution in [3.8, 4) is 0 Å². The number of aromatic nitrogens is 1. The molecule has 7 heteroatoms. The Morgan fingerprint density at radius 2 is 1.95 bits per heavy atom. The van der Waals surface area contributed by atoms with Crippen molar-refractivity contribution in [1.29, 1.82) is 0 Å². The summed E-state index contributed by atoms with van der Waals surface area (Å²) in [5, 5.41) is 10.3. The average Bonchev–Trinajstić information content (AvgIpc) is 2.93. The van der Waals surface area contributed by atoms with Gasteiger partial charge in [-0.15, -0.1) is 11.3 Å². The predicted octanol–water partition coefficient (Wildman–Crippen LogP) is 2.47. The lowest BCUT2D eigenvalue weighted by Gasteiger charge is -2.04. The molecule has 110 valence electrons. The number of nitrogens with zero attached hydrogens (tertiary/aromatic N) is 1. The molecule has 0 saturated heterocycles. The fraction of sp³-hybridized carbons (Fsp3) is 0.214. The van der Waals surface area contributed by atoms with Gasteiger partial charge >= 0.3 is 6.03 Å². The zero-order valence-corrected chi connectivity index (χ0v) is 12.4. The highest BCUT2D eigenvalue weighted by atomic mass is 32.1. The van der Waals surface area contributed by atoms with Crippen LogP contribution in [-0.2, 0) is 11.2 Å². The third kappa shape index (κ3) is 4.88. The number of anilines is 2. The Bertz CT molecular complexity index is 612. The monoisotopic (exact) mass is 304 g/mol. The van der Waals surface area contributed by atoms with Gasteiger partial charge in [0.1, 0.15) is 0 Å². The summed E-state index contributed by atoms with van der Waals surface area (Å²) in [6, 6.07) is 8.83. The molecule has 3 amide bonds. The van der Waals surface area contributed by atoms with Gasteiger partial charge in [0.25, 0.3) is 0 Å². The van der Waals surface area contributed by atoms with Crippen LogP contribution in [0.25, 0.3) is 0 Å². The molecule has 0 aliphatic rings. The van der Waals surface area contributed by atoms with E-state index in [0.29, 0.717) is 23.7 Å². The number of para-hydroxylation sites is 1. The van der Waals surface area contributed by atoms with E-state index in [2.05, 4.69) is 20.9 Å². The van der Waals surface area contributed by atoms with Gasteiger partial charge < -0.3 is 10.6 Å². The first kappa shape index (κ1) is 15.0. The van der Waals surface area contributed by atoms with E-state index in [4.69, 9.17) is 0 Å². The minimum atomic E-state index is -0.339. The Morgan fingerprint density at radius 1 is 1.19 bits per heavy atom. The Hall–Kier alpha value is -2.41. The molecule has 0 spiro atoms. The summed E-state index contributed by atoms with van der Waals surface area (Å²) >= 11 is 1.33. The van der Waals surface area contributed by atoms with Gasteiger partial charge in [-0.3, -0.25) is 10.1 Å². The number of nitrogens with one attached hydrogen (secondary N) is 3. The Balaban J connectivity index is 1.84. The number of amides is 3. The molecule has 1 heterocycles. The van der Waals surface area contributed by atoms with E-state index in [0.717, 1.165) is 5.69 Å². The first-order valence-electron chi connectivity index (χ1n) is 6.45. The third-order valence-corrected chi connectivity index (χ3v) is 3.50. The molecule has 0 bridgehead atoms. The molecule has 0 aliphatic carbocycles. The number of rotatable bonds is 5. The normalized spacial score (nSPS) is 9.95. The zero-order chi connectivity index (χ0) is 15.1. The van der Waals surface area contributed by atoms with Crippen molar-refractivity contribution in [3.63, 3.8) is 0 Å². The molecule has 0 saturated carbocycles. The van der Waals surface area contributed by atoms with Crippen LogP contribution in [0.4, 0.5) is 15.6 Å². The van der Waals surface area contributed by atoms with Crippen molar-refractivity contribution in [2.24, 2.45) is 0 Å². The molecule has 21 heavy (non-hydrogen) atoms. The number of aryl methyl sites for hydroxylation is 1. The van der Waals surface area contributed by atoms with Crippen LogP contribution >= 0.6 is 11.3 Å². The van der Waals surface area contributed by atoms with Gasteiger partial charge in [-0.05, 0) is 18.6 Å². The highest BCUT2D eigenvalue weighted by Crippen LogP contribution is 2.17. The lowest BCUT2D eigenvalue weighted by molar-refractivity contribution is -0.120. The number of carbonyl (C=O) groups is 2. The molecule has 0 radical (unpaired) electrons. The minimum Gasteiger partial charge on any atom is -0.359 e. The standard InChI is InChI=1S/C14H16N4O2S/c1-15-12(19)8-7-11-9-21-14(17-11)18-13(20)16-10-5-3-2-4-6-10/h2-6,9H,7-8H2,1H3,(H,15,19)(H2,16,17,18,20). The molecule has 2 rings (SSSR count). The molecule has 1 aromatic heterocycles. The van der Waals surface area contributed by atoms with Gasteiger partial charge in [0.15, 0.2) is 5.13 Å². The number of urea groups is 1. The Labute approximate surface area is 126 Å². The van der Waals surface area contributed by atoms with Gasteiger partial charge in [0.2, 0.25) is 5.91 Å². The first-order valence-corrected chi connectivity index (χ1v) is 7.33. The average molecular weight is 304 g/mol. The largest absolute Gasteiger partial charge is 0.359 e. The second-order valence-corrected chi connectivity index (χ2v) is 5.12. The second-order valence-electron chi connectivity index (χ2n) is 4.26. The maximum atomic E-state index is 11.8. The van der Waals surface area contributed by atoms with Gasteiger partial charge in [0.05, 0.1) is 5.69 Å². The predicted molar refractivity (Wildman–Crippen MR) is 83.6 cm³/mol. The summed E-state index contributed by atoms with van der Waals surface area (Å²) in [5.74, 6) is -0.0284. The summed E-state index contributed by atoms with van der Waals surface area (Å²) in [6.45, 7) is 0. The SMILES string of the molecule is CNC(=O)CCc1csc(NC(=O)Nc2ccccc2)n1. The summed E-state index contributed by atoms with van der Waals surface area (Å²) in [5.41, 5.74) is 1.50. The molecular formula is C14H16N4O2S. The fourth-order valence-electron chi connectivity index (χ4n) is 1.63. The van der Waals surface area contributed by atoms with Gasteiger partial charge in [-0.1, -0.05) is 18.2 Å². The minimum absolute atomic E-state index is 0.0284. The van der Waals surface area contributed by atoms with Crippen molar-refractivity contribution in [2.75, 3.05) is 17.7 Å². The van der Waals surface area contributed by atoms with Crippen LogP contribution in [0.1, 0.15) is 12.1 Å². The smallest absolute Gasteiger partial charge is 0.325 e. The topological polar surface area (TPSA) is 83.1 Å². The van der Waals surface area contributed by atoms with Crippen LogP contribution in [0.15, 0.2) is 35.7 Å².